The van der Waals surface area contributed by atoms with Gasteiger partial charge in [-0.05, 0) is 12.1 Å². The zero-order valence-electron chi connectivity index (χ0n) is 8.96. The van der Waals surface area contributed by atoms with Crippen LogP contribution in [0.15, 0.2) is 24.3 Å². The van der Waals surface area contributed by atoms with Crippen LogP contribution in [0.25, 0.3) is 10.2 Å². The van der Waals surface area contributed by atoms with E-state index >= 15 is 0 Å². The fourth-order valence-corrected chi connectivity index (χ4v) is 2.39. The molecule has 0 aliphatic rings. The molecule has 2 aromatic rings. The van der Waals surface area contributed by atoms with Crippen LogP contribution >= 0.6 is 11.3 Å². The number of nitrogens with zero attached hydrogens (tertiary/aromatic N) is 1. The van der Waals surface area contributed by atoms with E-state index in [4.69, 9.17) is 10.2 Å². The predicted molar refractivity (Wildman–Crippen MR) is 66.4 cm³/mol. The predicted octanol–water partition coefficient (Wildman–Crippen LogP) is 1.54. The van der Waals surface area contributed by atoms with Crippen LogP contribution in [-0.2, 0) is 4.79 Å². The molecule has 6 heteroatoms. The Labute approximate surface area is 102 Å². The van der Waals surface area contributed by atoms with Crippen molar-refractivity contribution >= 4 is 32.7 Å². The molecule has 3 N–H and O–H groups in total. The number of hydrogen-bond donors (Lipinski definition) is 3. The largest absolute Gasteiger partial charge is 0.480 e. The number of anilines is 1. The monoisotopic (exact) mass is 252 g/mol. The first-order chi connectivity index (χ1) is 8.20. The quantitative estimate of drug-likeness (QED) is 0.752. The van der Waals surface area contributed by atoms with Gasteiger partial charge >= 0.3 is 5.97 Å². The van der Waals surface area contributed by atoms with Gasteiger partial charge in [-0.1, -0.05) is 23.5 Å². The number of nitrogens with one attached hydrogen (secondary N) is 1. The van der Waals surface area contributed by atoms with Crippen LogP contribution in [0.3, 0.4) is 0 Å². The van der Waals surface area contributed by atoms with Gasteiger partial charge in [0.2, 0.25) is 0 Å². The standard InChI is InChI=1S/C11H12N2O3S/c14-6-5-8(10(15)16)13-11-12-7-3-1-2-4-9(7)17-11/h1-4,8,14H,5-6H2,(H,12,13)(H,15,16). The molecule has 0 bridgehead atoms. The van der Waals surface area contributed by atoms with E-state index in [-0.39, 0.29) is 13.0 Å². The van der Waals surface area contributed by atoms with Gasteiger partial charge in [-0.3, -0.25) is 0 Å². The number of aliphatic carboxylic acids is 1. The summed E-state index contributed by atoms with van der Waals surface area (Å²) < 4.78 is 1.00. The highest BCUT2D eigenvalue weighted by atomic mass is 32.1. The number of benzene rings is 1. The normalized spacial score (nSPS) is 12.5. The Kier molecular flexibility index (Phi) is 3.55. The van der Waals surface area contributed by atoms with Crippen molar-refractivity contribution in [1.29, 1.82) is 0 Å². The van der Waals surface area contributed by atoms with Crippen molar-refractivity contribution in [2.75, 3.05) is 11.9 Å². The number of carboxylic acids is 1. The molecule has 0 radical (unpaired) electrons. The number of carbonyl (C=O) groups is 1. The van der Waals surface area contributed by atoms with Crippen LogP contribution in [0, 0.1) is 0 Å². The third-order valence-corrected chi connectivity index (χ3v) is 3.28. The van der Waals surface area contributed by atoms with E-state index in [1.54, 1.807) is 0 Å². The maximum absolute atomic E-state index is 10.9. The molecule has 2 rings (SSSR count). The summed E-state index contributed by atoms with van der Waals surface area (Å²) >= 11 is 1.40. The van der Waals surface area contributed by atoms with E-state index < -0.39 is 12.0 Å². The number of fused-ring (bicyclic) bond motifs is 1. The van der Waals surface area contributed by atoms with E-state index in [0.717, 1.165) is 10.2 Å². The molecule has 0 fully saturated rings. The topological polar surface area (TPSA) is 82.5 Å². The average molecular weight is 252 g/mol. The molecular formula is C11H12N2O3S. The van der Waals surface area contributed by atoms with Crippen molar-refractivity contribution in [3.05, 3.63) is 24.3 Å². The summed E-state index contributed by atoms with van der Waals surface area (Å²) in [7, 11) is 0. The number of para-hydroxylation sites is 1. The lowest BCUT2D eigenvalue weighted by Crippen LogP contribution is -2.30. The fourth-order valence-electron chi connectivity index (χ4n) is 1.47. The summed E-state index contributed by atoms with van der Waals surface area (Å²) in [6.45, 7) is -0.172. The zero-order valence-corrected chi connectivity index (χ0v) is 9.78. The molecule has 90 valence electrons. The third-order valence-electron chi connectivity index (χ3n) is 2.31. The molecule has 17 heavy (non-hydrogen) atoms. The number of aliphatic hydroxyl groups is 1. The summed E-state index contributed by atoms with van der Waals surface area (Å²) in [4.78, 5) is 15.2. The van der Waals surface area contributed by atoms with Crippen LogP contribution in [0.4, 0.5) is 5.13 Å². The van der Waals surface area contributed by atoms with Crippen LogP contribution in [0.5, 0.6) is 0 Å². The summed E-state index contributed by atoms with van der Waals surface area (Å²) in [5, 5.41) is 21.1. The molecule has 1 heterocycles. The van der Waals surface area contributed by atoms with Crippen LogP contribution < -0.4 is 5.32 Å². The Hall–Kier alpha value is -1.66. The molecule has 1 atom stereocenters. The van der Waals surface area contributed by atoms with Gasteiger partial charge in [-0.25, -0.2) is 9.78 Å². The second-order valence-corrected chi connectivity index (χ2v) is 4.56. The third kappa shape index (κ3) is 2.72. The van der Waals surface area contributed by atoms with Crippen molar-refractivity contribution in [2.45, 2.75) is 12.5 Å². The maximum atomic E-state index is 10.9. The number of hydrogen-bond acceptors (Lipinski definition) is 5. The molecule has 0 aliphatic carbocycles. The zero-order chi connectivity index (χ0) is 12.3. The number of aromatic nitrogens is 1. The van der Waals surface area contributed by atoms with Gasteiger partial charge in [0, 0.05) is 13.0 Å². The highest BCUT2D eigenvalue weighted by Crippen LogP contribution is 2.26. The van der Waals surface area contributed by atoms with Crippen LogP contribution in [0.1, 0.15) is 6.42 Å². The van der Waals surface area contributed by atoms with Crippen molar-refractivity contribution in [1.82, 2.24) is 4.98 Å². The van der Waals surface area contributed by atoms with E-state index in [1.165, 1.54) is 11.3 Å². The highest BCUT2D eigenvalue weighted by Gasteiger charge is 2.17. The van der Waals surface area contributed by atoms with Crippen LogP contribution in [0.2, 0.25) is 0 Å². The molecule has 1 unspecified atom stereocenters. The number of thiazole rings is 1. The van der Waals surface area contributed by atoms with E-state index in [2.05, 4.69) is 10.3 Å². The van der Waals surface area contributed by atoms with Gasteiger partial charge < -0.3 is 15.5 Å². The molecule has 0 amide bonds. The Balaban J connectivity index is 2.19. The lowest BCUT2D eigenvalue weighted by atomic mass is 10.2. The minimum Gasteiger partial charge on any atom is -0.480 e. The summed E-state index contributed by atoms with van der Waals surface area (Å²) in [5.41, 5.74) is 0.841. The molecule has 0 aliphatic heterocycles. The smallest absolute Gasteiger partial charge is 0.326 e. The van der Waals surface area contributed by atoms with Gasteiger partial charge in [0.05, 0.1) is 10.2 Å². The minimum atomic E-state index is -0.988. The fraction of sp³-hybridized carbons (Fsp3) is 0.273. The molecule has 0 spiro atoms. The summed E-state index contributed by atoms with van der Waals surface area (Å²) in [6.07, 6.45) is 0.158. The number of aliphatic hydroxyl groups excluding tert-OH is 1. The molecular weight excluding hydrogens is 240 g/mol. The Bertz CT molecular complexity index is 493. The molecule has 1 aromatic heterocycles. The molecule has 1 aromatic carbocycles. The lowest BCUT2D eigenvalue weighted by Gasteiger charge is -2.11. The van der Waals surface area contributed by atoms with Gasteiger partial charge in [0.15, 0.2) is 5.13 Å². The molecule has 0 saturated carbocycles. The second-order valence-electron chi connectivity index (χ2n) is 3.53. The van der Waals surface area contributed by atoms with Gasteiger partial charge in [0.25, 0.3) is 0 Å². The van der Waals surface area contributed by atoms with Crippen molar-refractivity contribution < 1.29 is 15.0 Å². The maximum Gasteiger partial charge on any atom is 0.326 e. The number of carboxylic acid groups (broad SMARTS) is 1. The van der Waals surface area contributed by atoms with Gasteiger partial charge in [-0.15, -0.1) is 0 Å². The first-order valence-electron chi connectivity index (χ1n) is 5.16. The van der Waals surface area contributed by atoms with E-state index in [0.29, 0.717) is 5.13 Å². The average Bonchev–Trinajstić information content (AvgIpc) is 2.70. The van der Waals surface area contributed by atoms with Gasteiger partial charge in [-0.2, -0.15) is 0 Å². The highest BCUT2D eigenvalue weighted by molar-refractivity contribution is 7.22. The number of rotatable bonds is 5. The lowest BCUT2D eigenvalue weighted by molar-refractivity contribution is -0.138. The molecule has 5 nitrogen and oxygen atoms in total. The van der Waals surface area contributed by atoms with Crippen molar-refractivity contribution in [3.63, 3.8) is 0 Å². The second kappa shape index (κ2) is 5.11. The Morgan fingerprint density at radius 1 is 1.47 bits per heavy atom. The van der Waals surface area contributed by atoms with Crippen LogP contribution in [-0.4, -0.2) is 33.8 Å². The van der Waals surface area contributed by atoms with Crippen molar-refractivity contribution in [3.8, 4) is 0 Å². The first-order valence-corrected chi connectivity index (χ1v) is 5.98. The van der Waals surface area contributed by atoms with E-state index in [9.17, 15) is 4.79 Å². The summed E-state index contributed by atoms with van der Waals surface area (Å²) in [6, 6.07) is 6.79. The van der Waals surface area contributed by atoms with Gasteiger partial charge in [0.1, 0.15) is 6.04 Å². The van der Waals surface area contributed by atoms with E-state index in [1.807, 2.05) is 24.3 Å². The molecule has 0 saturated heterocycles. The summed E-state index contributed by atoms with van der Waals surface area (Å²) in [5.74, 6) is -0.988. The minimum absolute atomic E-state index is 0.158. The Morgan fingerprint density at radius 2 is 2.24 bits per heavy atom. The van der Waals surface area contributed by atoms with Crippen molar-refractivity contribution in [2.24, 2.45) is 0 Å². The first kappa shape index (κ1) is 11.8. The SMILES string of the molecule is O=C(O)C(CCO)Nc1nc2ccccc2s1. The Morgan fingerprint density at radius 3 is 2.88 bits per heavy atom.